The second-order valence-corrected chi connectivity index (χ2v) is 5.29. The average Bonchev–Trinajstić information content (AvgIpc) is 2.50. The number of nitrogens with two attached hydrogens (primary N) is 1. The van der Waals surface area contributed by atoms with E-state index in [1.54, 1.807) is 0 Å². The molecule has 0 aromatic carbocycles. The summed E-state index contributed by atoms with van der Waals surface area (Å²) in [7, 11) is 0. The number of nitrogens with one attached hydrogen (secondary N) is 2. The molecule has 5 nitrogen and oxygen atoms in total. The molecule has 2 aliphatic rings. The minimum absolute atomic E-state index is 0.626. The number of allylic oxidation sites excluding steroid dienone is 4. The average molecular weight is 290 g/mol. The summed E-state index contributed by atoms with van der Waals surface area (Å²) in [6, 6.07) is 0. The lowest BCUT2D eigenvalue weighted by Gasteiger charge is -2.16. The fraction of sp³-hybridized carbons (Fsp3) is 0.562. The topological polar surface area (TPSA) is 71.7 Å². The van der Waals surface area contributed by atoms with Crippen molar-refractivity contribution in [1.29, 1.82) is 0 Å². The molecule has 1 aliphatic carbocycles. The lowest BCUT2D eigenvalue weighted by Crippen LogP contribution is -2.35. The van der Waals surface area contributed by atoms with E-state index in [1.165, 1.54) is 5.57 Å². The molecule has 0 saturated heterocycles. The fourth-order valence-corrected chi connectivity index (χ4v) is 2.34. The van der Waals surface area contributed by atoms with E-state index in [9.17, 15) is 0 Å². The minimum atomic E-state index is 0.626. The first-order valence-electron chi connectivity index (χ1n) is 7.75. The summed E-state index contributed by atoms with van der Waals surface area (Å²) < 4.78 is 5.92. The van der Waals surface area contributed by atoms with Gasteiger partial charge in [0.25, 0.3) is 0 Å². The van der Waals surface area contributed by atoms with Crippen molar-refractivity contribution in [3.8, 4) is 0 Å². The number of hydrogen-bond acceptors (Lipinski definition) is 5. The Bertz CT molecular complexity index is 438. The third-order valence-corrected chi connectivity index (χ3v) is 3.56. The van der Waals surface area contributed by atoms with Crippen LogP contribution in [-0.2, 0) is 4.74 Å². The monoisotopic (exact) mass is 290 g/mol. The van der Waals surface area contributed by atoms with Crippen LogP contribution in [0.5, 0.6) is 0 Å². The molecule has 1 aliphatic heterocycles. The molecule has 116 valence electrons. The smallest absolute Gasteiger partial charge is 0.114 e. The van der Waals surface area contributed by atoms with Gasteiger partial charge >= 0.3 is 0 Å². The Balaban J connectivity index is 1.79. The third kappa shape index (κ3) is 6.14. The fourth-order valence-electron chi connectivity index (χ4n) is 2.34. The van der Waals surface area contributed by atoms with Gasteiger partial charge in [-0.1, -0.05) is 18.2 Å². The Morgan fingerprint density at radius 2 is 2.19 bits per heavy atom. The van der Waals surface area contributed by atoms with Crippen molar-refractivity contribution in [3.63, 3.8) is 0 Å². The number of amidine groups is 1. The van der Waals surface area contributed by atoms with Gasteiger partial charge in [-0.25, -0.2) is 0 Å². The van der Waals surface area contributed by atoms with Gasteiger partial charge in [0.05, 0.1) is 12.4 Å². The number of hydrogen-bond donors (Lipinski definition) is 3. The van der Waals surface area contributed by atoms with Crippen LogP contribution in [0.4, 0.5) is 0 Å². The highest BCUT2D eigenvalue weighted by atomic mass is 16.5. The molecule has 0 fully saturated rings. The van der Waals surface area contributed by atoms with Gasteiger partial charge < -0.3 is 10.1 Å². The first kappa shape index (κ1) is 15.8. The van der Waals surface area contributed by atoms with Crippen molar-refractivity contribution in [2.45, 2.75) is 32.1 Å². The predicted octanol–water partition coefficient (Wildman–Crippen LogP) is 1.80. The molecule has 0 bridgehead atoms. The molecule has 0 aromatic heterocycles. The Hall–Kier alpha value is -1.59. The van der Waals surface area contributed by atoms with Crippen LogP contribution < -0.4 is 16.6 Å². The zero-order chi connectivity index (χ0) is 14.8. The van der Waals surface area contributed by atoms with Gasteiger partial charge in [-0.3, -0.25) is 16.3 Å². The van der Waals surface area contributed by atoms with Crippen molar-refractivity contribution < 1.29 is 4.74 Å². The molecule has 4 N–H and O–H groups in total. The highest BCUT2D eigenvalue weighted by Crippen LogP contribution is 2.15. The number of ether oxygens (including phenoxy) is 1. The molecular weight excluding hydrogens is 264 g/mol. The van der Waals surface area contributed by atoms with Gasteiger partial charge in [-0.15, -0.1) is 0 Å². The van der Waals surface area contributed by atoms with Crippen molar-refractivity contribution in [2.75, 3.05) is 26.2 Å². The quantitative estimate of drug-likeness (QED) is 0.396. The van der Waals surface area contributed by atoms with Crippen LogP contribution in [0.3, 0.4) is 0 Å². The van der Waals surface area contributed by atoms with Gasteiger partial charge in [-0.2, -0.15) is 0 Å². The maximum atomic E-state index is 5.92. The van der Waals surface area contributed by atoms with Crippen molar-refractivity contribution >= 4 is 5.84 Å². The molecule has 1 heterocycles. The first-order chi connectivity index (χ1) is 10.4. The summed E-state index contributed by atoms with van der Waals surface area (Å²) in [6.45, 7) is 2.85. The lowest BCUT2D eigenvalue weighted by atomic mass is 10.1. The Morgan fingerprint density at radius 3 is 3.00 bits per heavy atom. The van der Waals surface area contributed by atoms with Crippen LogP contribution in [0.25, 0.3) is 0 Å². The van der Waals surface area contributed by atoms with Gasteiger partial charge in [0.1, 0.15) is 12.4 Å². The van der Waals surface area contributed by atoms with E-state index in [2.05, 4.69) is 40.0 Å². The molecule has 21 heavy (non-hydrogen) atoms. The van der Waals surface area contributed by atoms with E-state index in [4.69, 9.17) is 10.6 Å². The summed E-state index contributed by atoms with van der Waals surface area (Å²) in [4.78, 5) is 4.61. The van der Waals surface area contributed by atoms with E-state index in [0.717, 1.165) is 56.8 Å². The van der Waals surface area contributed by atoms with Gasteiger partial charge in [-0.05, 0) is 37.3 Å². The van der Waals surface area contributed by atoms with Gasteiger partial charge in [0, 0.05) is 19.5 Å². The minimum Gasteiger partial charge on any atom is -0.492 e. The number of aliphatic imine (C=N–C) groups is 1. The molecule has 0 spiro atoms. The Labute approximate surface area is 127 Å². The molecule has 0 saturated carbocycles. The van der Waals surface area contributed by atoms with Gasteiger partial charge in [0.2, 0.25) is 0 Å². The van der Waals surface area contributed by atoms with Crippen LogP contribution >= 0.6 is 0 Å². The Kier molecular flexibility index (Phi) is 7.04. The molecule has 0 atom stereocenters. The predicted molar refractivity (Wildman–Crippen MR) is 86.8 cm³/mol. The van der Waals surface area contributed by atoms with Gasteiger partial charge in [0.15, 0.2) is 0 Å². The van der Waals surface area contributed by atoms with Crippen LogP contribution in [0, 0.1) is 0 Å². The van der Waals surface area contributed by atoms with E-state index in [-0.39, 0.29) is 0 Å². The maximum absolute atomic E-state index is 5.92. The van der Waals surface area contributed by atoms with E-state index >= 15 is 0 Å². The standard InChI is InChI=1S/C16H26N4O/c17-20-11-10-18-16-9-5-4-8-15(12-19-16)21-13-14-6-2-1-3-7-14/h1-2,6,8,20H,3-5,7,9-13,17H2,(H,18,19). The number of rotatable bonds is 6. The summed E-state index contributed by atoms with van der Waals surface area (Å²) in [5.74, 6) is 7.31. The molecular formula is C16H26N4O. The number of nitrogens with zero attached hydrogens (tertiary/aromatic N) is 1. The van der Waals surface area contributed by atoms with E-state index in [0.29, 0.717) is 13.2 Å². The first-order valence-corrected chi connectivity index (χ1v) is 7.75. The molecule has 0 unspecified atom stereocenters. The number of hydrazine groups is 1. The third-order valence-electron chi connectivity index (χ3n) is 3.56. The van der Waals surface area contributed by atoms with E-state index in [1.807, 2.05) is 0 Å². The van der Waals surface area contributed by atoms with Crippen molar-refractivity contribution in [3.05, 3.63) is 35.6 Å². The van der Waals surface area contributed by atoms with Crippen LogP contribution in [0.1, 0.15) is 32.1 Å². The van der Waals surface area contributed by atoms with Crippen LogP contribution in [-0.4, -0.2) is 32.1 Å². The molecule has 0 amide bonds. The Morgan fingerprint density at radius 1 is 1.24 bits per heavy atom. The second-order valence-electron chi connectivity index (χ2n) is 5.29. The highest BCUT2D eigenvalue weighted by Gasteiger charge is 2.07. The van der Waals surface area contributed by atoms with Crippen LogP contribution in [0.15, 0.2) is 40.6 Å². The summed E-state index contributed by atoms with van der Waals surface area (Å²) in [5.41, 5.74) is 3.99. The molecule has 5 heteroatoms. The summed E-state index contributed by atoms with van der Waals surface area (Å²) in [5, 5.41) is 3.32. The molecule has 0 aromatic rings. The summed E-state index contributed by atoms with van der Waals surface area (Å²) in [6.07, 6.45) is 14.0. The zero-order valence-electron chi connectivity index (χ0n) is 12.6. The zero-order valence-corrected chi connectivity index (χ0v) is 12.6. The molecule has 2 rings (SSSR count). The van der Waals surface area contributed by atoms with Crippen molar-refractivity contribution in [1.82, 2.24) is 10.7 Å². The van der Waals surface area contributed by atoms with E-state index < -0.39 is 0 Å². The maximum Gasteiger partial charge on any atom is 0.114 e. The lowest BCUT2D eigenvalue weighted by molar-refractivity contribution is 0.231. The largest absolute Gasteiger partial charge is 0.492 e. The summed E-state index contributed by atoms with van der Waals surface area (Å²) >= 11 is 0. The SMILES string of the molecule is NNCCNC1=NCC(OCC2=CC=CCC2)=CCCC1. The second kappa shape index (κ2) is 9.37. The van der Waals surface area contributed by atoms with Crippen molar-refractivity contribution in [2.24, 2.45) is 10.8 Å². The highest BCUT2D eigenvalue weighted by molar-refractivity contribution is 5.82. The normalized spacial score (nSPS) is 19.0. The van der Waals surface area contributed by atoms with Crippen LogP contribution in [0.2, 0.25) is 0 Å². The molecule has 0 radical (unpaired) electrons.